The molecule has 0 saturated heterocycles. The van der Waals surface area contributed by atoms with Gasteiger partial charge in [-0.05, 0) is 25.7 Å². The van der Waals surface area contributed by atoms with Crippen molar-refractivity contribution >= 4 is 0 Å². The van der Waals surface area contributed by atoms with Crippen molar-refractivity contribution in [3.63, 3.8) is 0 Å². The van der Waals surface area contributed by atoms with E-state index in [1.54, 1.807) is 0 Å². The summed E-state index contributed by atoms with van der Waals surface area (Å²) in [6, 6.07) is 0. The Kier molecular flexibility index (Phi) is 6.32. The van der Waals surface area contributed by atoms with Crippen molar-refractivity contribution < 1.29 is 19.8 Å². The smallest absolute Gasteiger partial charge is 0 e. The third-order valence-electron chi connectivity index (χ3n) is 1.37. The SMILES string of the molecule is C1=C\CCCC\C=C/1.[Os]. The van der Waals surface area contributed by atoms with Crippen LogP contribution in [0.1, 0.15) is 25.7 Å². The second kappa shape index (κ2) is 6.24. The van der Waals surface area contributed by atoms with Crippen LogP contribution >= 0.6 is 0 Å². The molecule has 9 heavy (non-hydrogen) atoms. The van der Waals surface area contributed by atoms with E-state index in [1.807, 2.05) is 0 Å². The van der Waals surface area contributed by atoms with Gasteiger partial charge < -0.3 is 0 Å². The van der Waals surface area contributed by atoms with Gasteiger partial charge in [0, 0.05) is 19.8 Å². The Bertz CT molecular complexity index is 89.1. The van der Waals surface area contributed by atoms with E-state index < -0.39 is 0 Å². The number of rotatable bonds is 0. The fourth-order valence-corrected chi connectivity index (χ4v) is 0.874. The van der Waals surface area contributed by atoms with E-state index in [2.05, 4.69) is 24.3 Å². The largest absolute Gasteiger partial charge is 0.0845 e. The Morgan fingerprint density at radius 2 is 1.22 bits per heavy atom. The molecular formula is C8H12Os. The van der Waals surface area contributed by atoms with Gasteiger partial charge in [-0.25, -0.2) is 0 Å². The first-order chi connectivity index (χ1) is 4.00. The normalized spacial score (nSPS) is 24.9. The van der Waals surface area contributed by atoms with Gasteiger partial charge in [-0.3, -0.25) is 0 Å². The second-order valence-corrected chi connectivity index (χ2v) is 2.14. The van der Waals surface area contributed by atoms with Gasteiger partial charge in [0.2, 0.25) is 0 Å². The molecule has 0 aromatic heterocycles. The maximum Gasteiger partial charge on any atom is 0 e. The van der Waals surface area contributed by atoms with E-state index in [4.69, 9.17) is 0 Å². The van der Waals surface area contributed by atoms with Crippen LogP contribution in [-0.4, -0.2) is 0 Å². The Morgan fingerprint density at radius 1 is 0.778 bits per heavy atom. The summed E-state index contributed by atoms with van der Waals surface area (Å²) in [5.41, 5.74) is 0. The molecule has 0 bridgehead atoms. The van der Waals surface area contributed by atoms with Gasteiger partial charge in [-0.15, -0.1) is 0 Å². The zero-order valence-corrected chi connectivity index (χ0v) is 8.03. The molecule has 1 aliphatic rings. The minimum absolute atomic E-state index is 0. The monoisotopic (exact) mass is 300 g/mol. The molecule has 1 heteroatoms. The average molecular weight is 298 g/mol. The molecular weight excluding hydrogens is 286 g/mol. The zero-order chi connectivity index (χ0) is 5.66. The van der Waals surface area contributed by atoms with E-state index in [1.165, 1.54) is 25.7 Å². The number of hydrogen-bond donors (Lipinski definition) is 0. The predicted molar refractivity (Wildman–Crippen MR) is 36.7 cm³/mol. The molecule has 0 aromatic carbocycles. The molecule has 0 radical (unpaired) electrons. The van der Waals surface area contributed by atoms with Gasteiger partial charge >= 0.3 is 0 Å². The van der Waals surface area contributed by atoms with Crippen molar-refractivity contribution in [1.29, 1.82) is 0 Å². The van der Waals surface area contributed by atoms with Gasteiger partial charge in [-0.1, -0.05) is 24.3 Å². The Hall–Kier alpha value is 0.116. The fraction of sp³-hybridized carbons (Fsp3) is 0.500. The van der Waals surface area contributed by atoms with Gasteiger partial charge in [0.1, 0.15) is 0 Å². The van der Waals surface area contributed by atoms with Crippen LogP contribution in [0.15, 0.2) is 24.3 Å². The van der Waals surface area contributed by atoms with E-state index in [9.17, 15) is 0 Å². The van der Waals surface area contributed by atoms with Crippen LogP contribution in [0.3, 0.4) is 0 Å². The van der Waals surface area contributed by atoms with Crippen LogP contribution in [0.4, 0.5) is 0 Å². The molecule has 1 rings (SSSR count). The predicted octanol–water partition coefficient (Wildman–Crippen LogP) is 2.67. The van der Waals surface area contributed by atoms with Gasteiger partial charge in [0.05, 0.1) is 0 Å². The Morgan fingerprint density at radius 3 is 1.67 bits per heavy atom. The van der Waals surface area contributed by atoms with Crippen LogP contribution in [-0.2, 0) is 19.8 Å². The van der Waals surface area contributed by atoms with Crippen molar-refractivity contribution in [2.45, 2.75) is 25.7 Å². The molecule has 52 valence electrons. The summed E-state index contributed by atoms with van der Waals surface area (Å²) >= 11 is 0. The van der Waals surface area contributed by atoms with E-state index in [0.717, 1.165) is 0 Å². The van der Waals surface area contributed by atoms with Crippen LogP contribution < -0.4 is 0 Å². The maximum atomic E-state index is 2.23. The van der Waals surface area contributed by atoms with Crippen LogP contribution in [0.25, 0.3) is 0 Å². The van der Waals surface area contributed by atoms with Gasteiger partial charge in [-0.2, -0.15) is 0 Å². The minimum atomic E-state index is 0. The van der Waals surface area contributed by atoms with Crippen LogP contribution in [0.2, 0.25) is 0 Å². The molecule has 0 saturated carbocycles. The summed E-state index contributed by atoms with van der Waals surface area (Å²) in [5.74, 6) is 0. The molecule has 0 amide bonds. The molecule has 0 spiro atoms. The van der Waals surface area contributed by atoms with E-state index in [-0.39, 0.29) is 19.8 Å². The van der Waals surface area contributed by atoms with E-state index in [0.29, 0.717) is 0 Å². The summed E-state index contributed by atoms with van der Waals surface area (Å²) in [7, 11) is 0. The topological polar surface area (TPSA) is 0 Å². The molecule has 0 aromatic rings. The first-order valence-corrected chi connectivity index (χ1v) is 3.32. The van der Waals surface area contributed by atoms with Crippen LogP contribution in [0, 0.1) is 0 Å². The van der Waals surface area contributed by atoms with Crippen molar-refractivity contribution in [3.8, 4) is 0 Å². The molecule has 0 nitrogen and oxygen atoms in total. The molecule has 0 heterocycles. The molecule has 0 unspecified atom stereocenters. The summed E-state index contributed by atoms with van der Waals surface area (Å²) in [6.45, 7) is 0. The van der Waals surface area contributed by atoms with E-state index >= 15 is 0 Å². The maximum absolute atomic E-state index is 2.23. The average Bonchev–Trinajstić information content (AvgIpc) is 1.62. The third kappa shape index (κ3) is 4.61. The zero-order valence-electron chi connectivity index (χ0n) is 5.49. The fourth-order valence-electron chi connectivity index (χ4n) is 0.874. The summed E-state index contributed by atoms with van der Waals surface area (Å²) in [6.07, 6.45) is 14.0. The summed E-state index contributed by atoms with van der Waals surface area (Å²) in [5, 5.41) is 0. The number of allylic oxidation sites excluding steroid dienone is 4. The Labute approximate surface area is 70.1 Å². The molecule has 0 fully saturated rings. The molecule has 0 N–H and O–H groups in total. The Balaban J connectivity index is 0.000000640. The first-order valence-electron chi connectivity index (χ1n) is 3.32. The minimum Gasteiger partial charge on any atom is -0.0845 e. The first kappa shape index (κ1) is 9.12. The summed E-state index contributed by atoms with van der Waals surface area (Å²) in [4.78, 5) is 0. The van der Waals surface area contributed by atoms with Crippen LogP contribution in [0.5, 0.6) is 0 Å². The van der Waals surface area contributed by atoms with Gasteiger partial charge in [0.15, 0.2) is 0 Å². The second-order valence-electron chi connectivity index (χ2n) is 2.14. The molecule has 0 atom stereocenters. The molecule has 1 aliphatic carbocycles. The molecule has 0 aliphatic heterocycles. The quantitative estimate of drug-likeness (QED) is 0.645. The number of hydrogen-bond acceptors (Lipinski definition) is 0. The standard InChI is InChI=1S/C8H12.Os/c1-2-4-6-8-7-5-3-1;/h1-4H,5-8H2;/b3-1-,4-2-;. The van der Waals surface area contributed by atoms with Crippen molar-refractivity contribution in [2.75, 3.05) is 0 Å². The third-order valence-corrected chi connectivity index (χ3v) is 1.37. The van der Waals surface area contributed by atoms with Crippen molar-refractivity contribution in [1.82, 2.24) is 0 Å². The van der Waals surface area contributed by atoms with Crippen molar-refractivity contribution in [3.05, 3.63) is 24.3 Å². The summed E-state index contributed by atoms with van der Waals surface area (Å²) < 4.78 is 0. The van der Waals surface area contributed by atoms with Crippen molar-refractivity contribution in [2.24, 2.45) is 0 Å². The van der Waals surface area contributed by atoms with Gasteiger partial charge in [0.25, 0.3) is 0 Å².